The average molecular weight is 346 g/mol. The van der Waals surface area contributed by atoms with Gasteiger partial charge in [0.2, 0.25) is 0 Å². The van der Waals surface area contributed by atoms with Gasteiger partial charge in [0.1, 0.15) is 14.1 Å². The van der Waals surface area contributed by atoms with Gasteiger partial charge < -0.3 is 4.90 Å². The molecule has 0 fully saturated rings. The topological polar surface area (TPSA) is 6.25 Å². The molecular formula is C24H29N2+. The maximum atomic E-state index is 2.21. The van der Waals surface area contributed by atoms with E-state index in [1.807, 2.05) is 0 Å². The van der Waals surface area contributed by atoms with Crippen LogP contribution in [-0.2, 0) is 0 Å². The van der Waals surface area contributed by atoms with Crippen LogP contribution in [-0.4, -0.2) is 38.5 Å². The molecule has 0 saturated carbocycles. The zero-order valence-corrected chi connectivity index (χ0v) is 15.4. The minimum atomic E-state index is 0. The van der Waals surface area contributed by atoms with Crippen LogP contribution in [0, 0.1) is 0 Å². The first-order chi connectivity index (χ1) is 12.1. The van der Waals surface area contributed by atoms with Crippen LogP contribution in [0.2, 0.25) is 0 Å². The maximum Gasteiger partial charge on any atom is 0.199 e. The molecule has 0 amide bonds. The molecule has 0 aliphatic heterocycles. The molecule has 1 aliphatic rings. The number of rotatable bonds is 3. The van der Waals surface area contributed by atoms with E-state index in [2.05, 4.69) is 117 Å². The molecule has 2 nitrogen and oxygen atoms in total. The number of benzene rings is 2. The van der Waals surface area contributed by atoms with Gasteiger partial charge in [0.25, 0.3) is 0 Å². The first kappa shape index (κ1) is 19.5. The van der Waals surface area contributed by atoms with E-state index in [-0.39, 0.29) is 7.43 Å². The fourth-order valence-electron chi connectivity index (χ4n) is 2.96. The second kappa shape index (κ2) is 8.48. The molecule has 2 heteroatoms. The highest BCUT2D eigenvalue weighted by Gasteiger charge is 2.13. The van der Waals surface area contributed by atoms with Gasteiger partial charge in [-0.3, -0.25) is 0 Å². The minimum absolute atomic E-state index is 0. The Morgan fingerprint density at radius 1 is 0.731 bits per heavy atom. The smallest absolute Gasteiger partial charge is 0.199 e. The monoisotopic (exact) mass is 345 g/mol. The Morgan fingerprint density at radius 2 is 1.27 bits per heavy atom. The molecule has 0 spiro atoms. The first-order valence-corrected chi connectivity index (χ1v) is 8.54. The Balaban J connectivity index is 0.00000243. The summed E-state index contributed by atoms with van der Waals surface area (Å²) in [6.45, 7) is 0. The highest BCUT2D eigenvalue weighted by atomic mass is 15.1. The number of anilines is 1. The maximum absolute atomic E-state index is 2.21. The number of nitrogens with zero attached hydrogens (tertiary/aromatic N) is 2. The lowest BCUT2D eigenvalue weighted by Gasteiger charge is -2.16. The van der Waals surface area contributed by atoms with Gasteiger partial charge in [-0.2, -0.15) is 0 Å². The minimum Gasteiger partial charge on any atom is -0.378 e. The molecule has 26 heavy (non-hydrogen) atoms. The lowest BCUT2D eigenvalue weighted by molar-refractivity contribution is -0.462. The van der Waals surface area contributed by atoms with Gasteiger partial charge in [-0.15, -0.1) is 0 Å². The van der Waals surface area contributed by atoms with Crippen molar-refractivity contribution < 1.29 is 4.58 Å². The van der Waals surface area contributed by atoms with Crippen LogP contribution in [0.1, 0.15) is 18.6 Å². The third-order valence-electron chi connectivity index (χ3n) is 4.41. The molecule has 0 radical (unpaired) electrons. The predicted molar refractivity (Wildman–Crippen MR) is 115 cm³/mol. The van der Waals surface area contributed by atoms with E-state index >= 15 is 0 Å². The Morgan fingerprint density at radius 3 is 1.77 bits per heavy atom. The molecule has 3 rings (SSSR count). The summed E-state index contributed by atoms with van der Waals surface area (Å²) in [7, 11) is 8.27. The molecule has 0 atom stereocenters. The summed E-state index contributed by atoms with van der Waals surface area (Å²) in [6.07, 6.45) is 8.76. The van der Waals surface area contributed by atoms with Crippen LogP contribution in [0.5, 0.6) is 0 Å². The second-order valence-electron chi connectivity index (χ2n) is 6.62. The van der Waals surface area contributed by atoms with Crippen molar-refractivity contribution >= 4 is 17.0 Å². The van der Waals surface area contributed by atoms with Crippen LogP contribution in [0.25, 0.3) is 5.57 Å². The molecule has 2 aromatic carbocycles. The van der Waals surface area contributed by atoms with Gasteiger partial charge in [-0.05, 0) is 46.6 Å². The van der Waals surface area contributed by atoms with E-state index in [1.165, 1.54) is 33.7 Å². The van der Waals surface area contributed by atoms with Gasteiger partial charge in [-0.1, -0.05) is 49.9 Å². The van der Waals surface area contributed by atoms with Gasteiger partial charge in [0.05, 0.1) is 0 Å². The number of hydrogen-bond acceptors (Lipinski definition) is 1. The van der Waals surface area contributed by atoms with Crippen molar-refractivity contribution in [2.75, 3.05) is 33.1 Å². The summed E-state index contributed by atoms with van der Waals surface area (Å²) < 4.78 is 2.12. The molecule has 1 aliphatic carbocycles. The van der Waals surface area contributed by atoms with E-state index in [9.17, 15) is 0 Å². The summed E-state index contributed by atoms with van der Waals surface area (Å²) in [6, 6.07) is 19.4. The molecule has 0 bridgehead atoms. The van der Waals surface area contributed by atoms with Crippen LogP contribution in [0.4, 0.5) is 5.69 Å². The van der Waals surface area contributed by atoms with Crippen molar-refractivity contribution in [3.05, 3.63) is 95.6 Å². The van der Waals surface area contributed by atoms with Crippen LogP contribution < -0.4 is 4.90 Å². The zero-order chi connectivity index (χ0) is 17.8. The van der Waals surface area contributed by atoms with Crippen molar-refractivity contribution in [1.82, 2.24) is 0 Å². The Hall–Kier alpha value is -2.87. The fraction of sp³-hybridized carbons (Fsp3) is 0.208. The van der Waals surface area contributed by atoms with Gasteiger partial charge in [0.15, 0.2) is 5.71 Å². The quantitative estimate of drug-likeness (QED) is 0.707. The van der Waals surface area contributed by atoms with E-state index in [0.717, 1.165) is 0 Å². The van der Waals surface area contributed by atoms with E-state index in [1.54, 1.807) is 0 Å². The molecule has 0 N–H and O–H groups in total. The highest BCUT2D eigenvalue weighted by molar-refractivity contribution is 6.03. The summed E-state index contributed by atoms with van der Waals surface area (Å²) in [4.78, 5) is 2.12. The molecule has 0 heterocycles. The van der Waals surface area contributed by atoms with Crippen molar-refractivity contribution in [1.29, 1.82) is 0 Å². The van der Waals surface area contributed by atoms with E-state index in [4.69, 9.17) is 0 Å². The summed E-state index contributed by atoms with van der Waals surface area (Å²) in [5, 5.41) is 0. The Labute approximate surface area is 158 Å². The van der Waals surface area contributed by atoms with E-state index < -0.39 is 0 Å². The fourth-order valence-corrected chi connectivity index (χ4v) is 2.96. The SMILES string of the molecule is C.CN(C)c1ccc(C(=C2C=CC(=[N+](C)C)C=C2)c2ccccc2)cc1. The lowest BCUT2D eigenvalue weighted by atomic mass is 9.90. The zero-order valence-electron chi connectivity index (χ0n) is 15.4. The summed E-state index contributed by atoms with van der Waals surface area (Å²) in [5.74, 6) is 0. The molecule has 2 aromatic rings. The van der Waals surface area contributed by atoms with Crippen molar-refractivity contribution in [3.63, 3.8) is 0 Å². The van der Waals surface area contributed by atoms with E-state index in [0.29, 0.717) is 0 Å². The third kappa shape index (κ3) is 4.20. The number of hydrogen-bond donors (Lipinski definition) is 0. The first-order valence-electron chi connectivity index (χ1n) is 8.54. The second-order valence-corrected chi connectivity index (χ2v) is 6.62. The summed E-state index contributed by atoms with van der Waals surface area (Å²) >= 11 is 0. The van der Waals surface area contributed by atoms with Crippen molar-refractivity contribution in [3.8, 4) is 0 Å². The standard InChI is InChI=1S/C23H25N2.CH4/c1-24(2)21-14-10-19(11-15-21)23(18-8-6-5-7-9-18)20-12-16-22(17-13-20)25(3)4;/h5-17H,1-4H3;1H4/q+1;. The highest BCUT2D eigenvalue weighted by Crippen LogP contribution is 2.30. The summed E-state index contributed by atoms with van der Waals surface area (Å²) in [5.41, 5.74) is 7.37. The molecule has 0 aromatic heterocycles. The Bertz CT molecular complexity index is 842. The average Bonchev–Trinajstić information content (AvgIpc) is 2.64. The Kier molecular flexibility index (Phi) is 6.35. The normalized spacial score (nSPS) is 12.6. The van der Waals surface area contributed by atoms with Gasteiger partial charge in [0, 0.05) is 31.9 Å². The molecule has 134 valence electrons. The largest absolute Gasteiger partial charge is 0.378 e. The third-order valence-corrected chi connectivity index (χ3v) is 4.41. The number of allylic oxidation sites excluding steroid dienone is 5. The van der Waals surface area contributed by atoms with Gasteiger partial charge in [-0.25, -0.2) is 4.58 Å². The molecular weight excluding hydrogens is 316 g/mol. The predicted octanol–water partition coefficient (Wildman–Crippen LogP) is 5.03. The van der Waals surface area contributed by atoms with Crippen LogP contribution in [0.3, 0.4) is 0 Å². The van der Waals surface area contributed by atoms with Crippen molar-refractivity contribution in [2.24, 2.45) is 0 Å². The molecule has 0 saturated heterocycles. The van der Waals surface area contributed by atoms with Gasteiger partial charge >= 0.3 is 0 Å². The molecule has 0 unspecified atom stereocenters. The van der Waals surface area contributed by atoms with Crippen LogP contribution >= 0.6 is 0 Å². The van der Waals surface area contributed by atoms with Crippen molar-refractivity contribution in [2.45, 2.75) is 7.43 Å². The lowest BCUT2D eigenvalue weighted by Crippen LogP contribution is -2.10. The van der Waals surface area contributed by atoms with Crippen LogP contribution in [0.15, 0.2) is 84.5 Å².